The third kappa shape index (κ3) is 4.07. The predicted octanol–water partition coefficient (Wildman–Crippen LogP) is 5.19. The molecule has 0 radical (unpaired) electrons. The minimum absolute atomic E-state index is 0.207. The first kappa shape index (κ1) is 17.6. The number of benzene rings is 1. The molecule has 0 fully saturated rings. The first-order valence-electron chi connectivity index (χ1n) is 8.04. The fourth-order valence-corrected chi connectivity index (χ4v) is 3.87. The van der Waals surface area contributed by atoms with Crippen molar-refractivity contribution in [1.29, 1.82) is 0 Å². The zero-order valence-electron chi connectivity index (χ0n) is 14.3. The molecular weight excluding hydrogens is 340 g/mol. The molecule has 0 atom stereocenters. The van der Waals surface area contributed by atoms with Gasteiger partial charge in [-0.2, -0.15) is 0 Å². The van der Waals surface area contributed by atoms with Crippen LogP contribution in [0.3, 0.4) is 0 Å². The van der Waals surface area contributed by atoms with Crippen molar-refractivity contribution in [2.75, 3.05) is 0 Å². The Bertz CT molecular complexity index is 856. The minimum atomic E-state index is -0.578. The number of halogens is 2. The minimum Gasteiger partial charge on any atom is -0.318 e. The molecule has 2 aromatic heterocycles. The summed E-state index contributed by atoms with van der Waals surface area (Å²) in [6.07, 6.45) is 3.50. The van der Waals surface area contributed by atoms with Gasteiger partial charge in [-0.25, -0.2) is 13.8 Å². The summed E-state index contributed by atoms with van der Waals surface area (Å²) in [6.45, 7) is 6.71. The van der Waals surface area contributed by atoms with Gasteiger partial charge >= 0.3 is 0 Å². The van der Waals surface area contributed by atoms with E-state index in [4.69, 9.17) is 0 Å². The molecule has 1 aromatic carbocycles. The summed E-state index contributed by atoms with van der Waals surface area (Å²) in [6, 6.07) is 7.47. The van der Waals surface area contributed by atoms with E-state index in [9.17, 15) is 8.78 Å². The average Bonchev–Trinajstić information content (AvgIpc) is 2.84. The van der Waals surface area contributed by atoms with Crippen LogP contribution in [0.2, 0.25) is 0 Å². The van der Waals surface area contributed by atoms with Gasteiger partial charge in [0.05, 0.1) is 5.69 Å². The van der Waals surface area contributed by atoms with Crippen molar-refractivity contribution >= 4 is 11.8 Å². The van der Waals surface area contributed by atoms with Crippen molar-refractivity contribution in [2.24, 2.45) is 0 Å². The van der Waals surface area contributed by atoms with Crippen molar-refractivity contribution < 1.29 is 8.78 Å². The number of rotatable bonds is 5. The van der Waals surface area contributed by atoms with Crippen LogP contribution in [0.15, 0.2) is 52.6 Å². The molecule has 0 saturated heterocycles. The van der Waals surface area contributed by atoms with E-state index in [-0.39, 0.29) is 5.92 Å². The number of hydrogen-bond donors (Lipinski definition) is 0. The van der Waals surface area contributed by atoms with Crippen LogP contribution in [0, 0.1) is 18.6 Å². The highest BCUT2D eigenvalue weighted by molar-refractivity contribution is 7.99. The first-order valence-corrected chi connectivity index (χ1v) is 8.85. The zero-order chi connectivity index (χ0) is 18.0. The fourth-order valence-electron chi connectivity index (χ4n) is 2.61. The van der Waals surface area contributed by atoms with Crippen molar-refractivity contribution in [3.05, 3.63) is 71.4 Å². The largest absolute Gasteiger partial charge is 0.318 e. The van der Waals surface area contributed by atoms with Crippen molar-refractivity contribution in [2.45, 2.75) is 43.2 Å². The molecule has 2 heterocycles. The van der Waals surface area contributed by atoms with E-state index >= 15 is 0 Å². The van der Waals surface area contributed by atoms with E-state index in [0.717, 1.165) is 28.2 Å². The van der Waals surface area contributed by atoms with Gasteiger partial charge in [0.25, 0.3) is 0 Å². The third-order valence-electron chi connectivity index (χ3n) is 3.82. The molecular formula is C19H19F2N3S. The molecule has 0 aliphatic heterocycles. The molecule has 0 saturated carbocycles. The van der Waals surface area contributed by atoms with Gasteiger partial charge in [-0.1, -0.05) is 25.6 Å². The molecule has 130 valence electrons. The number of aryl methyl sites for hydroxylation is 1. The highest BCUT2D eigenvalue weighted by Gasteiger charge is 2.19. The molecule has 6 heteroatoms. The normalized spacial score (nSPS) is 11.3. The molecule has 3 rings (SSSR count). The van der Waals surface area contributed by atoms with Gasteiger partial charge in [-0.05, 0) is 42.7 Å². The van der Waals surface area contributed by atoms with E-state index in [1.165, 1.54) is 23.9 Å². The quantitative estimate of drug-likeness (QED) is 0.628. The second-order valence-electron chi connectivity index (χ2n) is 6.15. The number of pyridine rings is 1. The second kappa shape index (κ2) is 7.35. The second-order valence-corrected chi connectivity index (χ2v) is 7.22. The van der Waals surface area contributed by atoms with Crippen molar-refractivity contribution in [1.82, 2.24) is 14.5 Å². The summed E-state index contributed by atoms with van der Waals surface area (Å²) >= 11 is 1.34. The Hall–Kier alpha value is -2.21. The van der Waals surface area contributed by atoms with Crippen LogP contribution in [0.1, 0.15) is 36.8 Å². The summed E-state index contributed by atoms with van der Waals surface area (Å²) in [4.78, 5) is 9.25. The van der Waals surface area contributed by atoms with Crippen LogP contribution in [0.4, 0.5) is 8.78 Å². The average molecular weight is 359 g/mol. The molecule has 0 aliphatic carbocycles. The smallest absolute Gasteiger partial charge is 0.127 e. The molecule has 25 heavy (non-hydrogen) atoms. The Kier molecular flexibility index (Phi) is 5.18. The molecule has 0 aliphatic rings. The maximum Gasteiger partial charge on any atom is 0.127 e. The lowest BCUT2D eigenvalue weighted by Gasteiger charge is -2.12. The SMILES string of the molecule is Cc1nc(C(C)C)c(Sc2cc(F)cc(F)c2)n1Cc1ccncc1. The van der Waals surface area contributed by atoms with Crippen molar-refractivity contribution in [3.8, 4) is 0 Å². The summed E-state index contributed by atoms with van der Waals surface area (Å²) in [5.74, 6) is -0.0748. The lowest BCUT2D eigenvalue weighted by molar-refractivity contribution is 0.577. The molecule has 0 unspecified atom stereocenters. The Morgan fingerprint density at radius 2 is 1.72 bits per heavy atom. The van der Waals surface area contributed by atoms with Crippen LogP contribution in [-0.4, -0.2) is 14.5 Å². The van der Waals surface area contributed by atoms with Crippen molar-refractivity contribution in [3.63, 3.8) is 0 Å². The zero-order valence-corrected chi connectivity index (χ0v) is 15.1. The van der Waals surface area contributed by atoms with Gasteiger partial charge in [0.15, 0.2) is 0 Å². The summed E-state index contributed by atoms with van der Waals surface area (Å²) < 4.78 is 29.2. The number of nitrogens with zero attached hydrogens (tertiary/aromatic N) is 3. The molecule has 0 amide bonds. The van der Waals surface area contributed by atoms with Crippen LogP contribution in [0.5, 0.6) is 0 Å². The summed E-state index contributed by atoms with van der Waals surface area (Å²) in [5, 5.41) is 0.911. The van der Waals surface area contributed by atoms with E-state index in [1.807, 2.05) is 19.1 Å². The highest BCUT2D eigenvalue weighted by atomic mass is 32.2. The molecule has 0 bridgehead atoms. The summed E-state index contributed by atoms with van der Waals surface area (Å²) in [7, 11) is 0. The van der Waals surface area contributed by atoms with Gasteiger partial charge in [0.1, 0.15) is 22.5 Å². The maximum atomic E-state index is 13.6. The first-order chi connectivity index (χ1) is 11.9. The monoisotopic (exact) mass is 359 g/mol. The maximum absolute atomic E-state index is 13.6. The van der Waals surface area contributed by atoms with Crippen LogP contribution in [-0.2, 0) is 6.54 Å². The van der Waals surface area contributed by atoms with E-state index in [0.29, 0.717) is 11.4 Å². The fraction of sp³-hybridized carbons (Fsp3) is 0.263. The highest BCUT2D eigenvalue weighted by Crippen LogP contribution is 2.35. The Labute approximate surface area is 150 Å². The topological polar surface area (TPSA) is 30.7 Å². The van der Waals surface area contributed by atoms with Gasteiger partial charge in [0.2, 0.25) is 0 Å². The van der Waals surface area contributed by atoms with Gasteiger partial charge in [-0.3, -0.25) is 4.98 Å². The Morgan fingerprint density at radius 3 is 2.32 bits per heavy atom. The third-order valence-corrected chi connectivity index (χ3v) is 4.92. The van der Waals surface area contributed by atoms with Crippen LogP contribution < -0.4 is 0 Å². The predicted molar refractivity (Wildman–Crippen MR) is 94.9 cm³/mol. The number of imidazole rings is 1. The van der Waals surface area contributed by atoms with E-state index in [2.05, 4.69) is 28.4 Å². The lowest BCUT2D eigenvalue weighted by atomic mass is 10.1. The number of hydrogen-bond acceptors (Lipinski definition) is 3. The van der Waals surface area contributed by atoms with Gasteiger partial charge in [-0.15, -0.1) is 0 Å². The standard InChI is InChI=1S/C19H19F2N3S/c1-12(2)18-19(25-17-9-15(20)8-16(21)10-17)24(13(3)23-18)11-14-4-6-22-7-5-14/h4-10,12H,11H2,1-3H3. The molecule has 3 aromatic rings. The van der Waals surface area contributed by atoms with Crippen LogP contribution >= 0.6 is 11.8 Å². The number of aromatic nitrogens is 3. The van der Waals surface area contributed by atoms with Crippen LogP contribution in [0.25, 0.3) is 0 Å². The Morgan fingerprint density at radius 1 is 1.08 bits per heavy atom. The molecule has 0 N–H and O–H groups in total. The lowest BCUT2D eigenvalue weighted by Crippen LogP contribution is -2.04. The molecule has 0 spiro atoms. The molecule has 3 nitrogen and oxygen atoms in total. The van der Waals surface area contributed by atoms with Gasteiger partial charge < -0.3 is 4.57 Å². The van der Waals surface area contributed by atoms with Gasteiger partial charge in [0, 0.05) is 29.9 Å². The summed E-state index contributed by atoms with van der Waals surface area (Å²) in [5.41, 5.74) is 2.03. The van der Waals surface area contributed by atoms with E-state index < -0.39 is 11.6 Å². The van der Waals surface area contributed by atoms with E-state index in [1.54, 1.807) is 12.4 Å². The Balaban J connectivity index is 2.03.